The molecule has 0 saturated carbocycles. The molecule has 0 unspecified atom stereocenters. The van der Waals surface area contributed by atoms with E-state index in [0.717, 1.165) is 35.7 Å². The summed E-state index contributed by atoms with van der Waals surface area (Å²) in [5.74, 6) is 0.914. The Kier molecular flexibility index (Phi) is 3.39. The molecular weight excluding hydrogens is 274 g/mol. The Hall–Kier alpha value is -2.56. The Labute approximate surface area is 129 Å². The summed E-state index contributed by atoms with van der Waals surface area (Å²) in [7, 11) is 0. The van der Waals surface area contributed by atoms with Gasteiger partial charge in [-0.1, -0.05) is 30.3 Å². The quantitative estimate of drug-likeness (QED) is 0.726. The van der Waals surface area contributed by atoms with Crippen LogP contribution >= 0.6 is 0 Å². The van der Waals surface area contributed by atoms with Gasteiger partial charge in [-0.25, -0.2) is 19.9 Å². The smallest absolute Gasteiger partial charge is 0.184 e. The molecule has 1 aromatic carbocycles. The molecule has 5 nitrogen and oxygen atoms in total. The van der Waals surface area contributed by atoms with E-state index in [1.54, 1.807) is 6.33 Å². The maximum Gasteiger partial charge on any atom is 0.184 e. The Morgan fingerprint density at radius 3 is 2.50 bits per heavy atom. The van der Waals surface area contributed by atoms with Gasteiger partial charge < -0.3 is 4.90 Å². The summed E-state index contributed by atoms with van der Waals surface area (Å²) in [6, 6.07) is 10.1. The maximum absolute atomic E-state index is 4.66. The summed E-state index contributed by atoms with van der Waals surface area (Å²) in [6.45, 7) is 2.07. The minimum Gasteiger partial charge on any atom is -0.355 e. The Bertz CT molecular complexity index is 781. The summed E-state index contributed by atoms with van der Waals surface area (Å²) in [5.41, 5.74) is 3.35. The van der Waals surface area contributed by atoms with Crippen molar-refractivity contribution in [2.45, 2.75) is 19.3 Å². The van der Waals surface area contributed by atoms with Crippen molar-refractivity contribution >= 4 is 17.0 Å². The molecule has 0 atom stereocenters. The van der Waals surface area contributed by atoms with Crippen LogP contribution in [0.5, 0.6) is 0 Å². The normalized spacial score (nSPS) is 15.2. The third-order valence-corrected chi connectivity index (χ3v) is 4.05. The van der Waals surface area contributed by atoms with E-state index in [2.05, 4.69) is 24.8 Å². The largest absolute Gasteiger partial charge is 0.355 e. The molecule has 1 saturated heterocycles. The lowest BCUT2D eigenvalue weighted by molar-refractivity contribution is 0.574. The lowest BCUT2D eigenvalue weighted by Gasteiger charge is -2.27. The van der Waals surface area contributed by atoms with E-state index >= 15 is 0 Å². The molecule has 1 aliphatic heterocycles. The molecule has 1 fully saturated rings. The van der Waals surface area contributed by atoms with Crippen molar-refractivity contribution in [3.63, 3.8) is 0 Å². The number of nitrogens with zero attached hydrogens (tertiary/aromatic N) is 5. The van der Waals surface area contributed by atoms with Crippen LogP contribution in [0, 0.1) is 0 Å². The van der Waals surface area contributed by atoms with E-state index in [-0.39, 0.29) is 0 Å². The van der Waals surface area contributed by atoms with Gasteiger partial charge >= 0.3 is 0 Å². The molecule has 0 bridgehead atoms. The molecule has 1 aliphatic rings. The lowest BCUT2D eigenvalue weighted by Crippen LogP contribution is -2.30. The molecule has 2 aromatic heterocycles. The number of piperidine rings is 1. The maximum atomic E-state index is 4.66. The van der Waals surface area contributed by atoms with Crippen molar-refractivity contribution in [3.05, 3.63) is 42.9 Å². The fourth-order valence-electron chi connectivity index (χ4n) is 2.91. The topological polar surface area (TPSA) is 54.8 Å². The van der Waals surface area contributed by atoms with Crippen LogP contribution in [-0.4, -0.2) is 33.0 Å². The van der Waals surface area contributed by atoms with Crippen LogP contribution in [0.4, 0.5) is 5.82 Å². The molecule has 4 rings (SSSR count). The molecule has 110 valence electrons. The zero-order valence-electron chi connectivity index (χ0n) is 12.3. The number of rotatable bonds is 2. The third-order valence-electron chi connectivity index (χ3n) is 4.05. The SMILES string of the molecule is c1ccc(-c2cnc3c(N4CCCCC4)ncnc3n2)cc1. The van der Waals surface area contributed by atoms with Crippen LogP contribution in [0.25, 0.3) is 22.4 Å². The van der Waals surface area contributed by atoms with Gasteiger partial charge in [0.05, 0.1) is 11.9 Å². The molecule has 3 heterocycles. The van der Waals surface area contributed by atoms with Gasteiger partial charge in [-0.15, -0.1) is 0 Å². The highest BCUT2D eigenvalue weighted by Gasteiger charge is 2.17. The first kappa shape index (κ1) is 13.1. The van der Waals surface area contributed by atoms with E-state index in [9.17, 15) is 0 Å². The average molecular weight is 291 g/mol. The second-order valence-corrected chi connectivity index (χ2v) is 5.54. The third kappa shape index (κ3) is 2.39. The fourth-order valence-corrected chi connectivity index (χ4v) is 2.91. The minimum atomic E-state index is 0.664. The van der Waals surface area contributed by atoms with E-state index in [1.165, 1.54) is 19.3 Å². The van der Waals surface area contributed by atoms with Crippen molar-refractivity contribution in [3.8, 4) is 11.3 Å². The van der Waals surface area contributed by atoms with E-state index in [0.29, 0.717) is 5.65 Å². The Balaban J connectivity index is 1.78. The number of benzene rings is 1. The van der Waals surface area contributed by atoms with Crippen molar-refractivity contribution in [2.24, 2.45) is 0 Å². The second-order valence-electron chi connectivity index (χ2n) is 5.54. The first-order chi connectivity index (χ1) is 10.9. The lowest BCUT2D eigenvalue weighted by atomic mass is 10.1. The molecule has 0 spiro atoms. The molecule has 0 aliphatic carbocycles. The monoisotopic (exact) mass is 291 g/mol. The van der Waals surface area contributed by atoms with Crippen LogP contribution in [0.3, 0.4) is 0 Å². The molecule has 3 aromatic rings. The zero-order chi connectivity index (χ0) is 14.8. The Morgan fingerprint density at radius 1 is 0.864 bits per heavy atom. The number of hydrogen-bond acceptors (Lipinski definition) is 5. The summed E-state index contributed by atoms with van der Waals surface area (Å²) in [4.78, 5) is 20.3. The van der Waals surface area contributed by atoms with Crippen LogP contribution in [-0.2, 0) is 0 Å². The highest BCUT2D eigenvalue weighted by Crippen LogP contribution is 2.25. The number of aromatic nitrogens is 4. The van der Waals surface area contributed by atoms with Gasteiger partial charge in [0.2, 0.25) is 0 Å². The van der Waals surface area contributed by atoms with E-state index < -0.39 is 0 Å². The van der Waals surface area contributed by atoms with Crippen molar-refractivity contribution in [2.75, 3.05) is 18.0 Å². The molecular formula is C17H17N5. The van der Waals surface area contributed by atoms with Gasteiger partial charge in [0.15, 0.2) is 17.0 Å². The summed E-state index contributed by atoms with van der Waals surface area (Å²) >= 11 is 0. The van der Waals surface area contributed by atoms with E-state index in [4.69, 9.17) is 0 Å². The van der Waals surface area contributed by atoms with Crippen molar-refractivity contribution < 1.29 is 0 Å². The van der Waals surface area contributed by atoms with Crippen molar-refractivity contribution in [1.29, 1.82) is 0 Å². The van der Waals surface area contributed by atoms with Gasteiger partial charge in [-0.2, -0.15) is 0 Å². The zero-order valence-corrected chi connectivity index (χ0v) is 12.3. The van der Waals surface area contributed by atoms with Gasteiger partial charge in [0.25, 0.3) is 0 Å². The summed E-state index contributed by atoms with van der Waals surface area (Å²) in [5, 5.41) is 0. The van der Waals surface area contributed by atoms with Gasteiger partial charge in [-0.3, -0.25) is 0 Å². The van der Waals surface area contributed by atoms with Gasteiger partial charge in [0, 0.05) is 18.7 Å². The molecule has 0 radical (unpaired) electrons. The van der Waals surface area contributed by atoms with Crippen LogP contribution < -0.4 is 4.90 Å². The predicted octanol–water partition coefficient (Wildman–Crippen LogP) is 3.08. The summed E-state index contributed by atoms with van der Waals surface area (Å²) < 4.78 is 0. The molecule has 5 heteroatoms. The summed E-state index contributed by atoms with van der Waals surface area (Å²) in [6.07, 6.45) is 7.12. The second kappa shape index (κ2) is 5.67. The standard InChI is InChI=1S/C17H17N5/c1-3-7-13(8-4-1)14-11-18-15-16(21-14)19-12-20-17(15)22-9-5-2-6-10-22/h1,3-4,7-8,11-12H,2,5-6,9-10H2. The highest BCUT2D eigenvalue weighted by atomic mass is 15.2. The first-order valence-electron chi connectivity index (χ1n) is 7.70. The van der Waals surface area contributed by atoms with Gasteiger partial charge in [-0.05, 0) is 19.3 Å². The Morgan fingerprint density at radius 2 is 1.68 bits per heavy atom. The molecule has 22 heavy (non-hydrogen) atoms. The number of hydrogen-bond donors (Lipinski definition) is 0. The highest BCUT2D eigenvalue weighted by molar-refractivity contribution is 5.84. The predicted molar refractivity (Wildman–Crippen MR) is 86.6 cm³/mol. The number of anilines is 1. The fraction of sp³-hybridized carbons (Fsp3) is 0.294. The first-order valence-corrected chi connectivity index (χ1v) is 7.70. The van der Waals surface area contributed by atoms with Crippen LogP contribution in [0.15, 0.2) is 42.9 Å². The van der Waals surface area contributed by atoms with Crippen molar-refractivity contribution in [1.82, 2.24) is 19.9 Å². The molecule has 0 amide bonds. The average Bonchev–Trinajstić information content (AvgIpc) is 2.62. The number of fused-ring (bicyclic) bond motifs is 1. The van der Waals surface area contributed by atoms with E-state index in [1.807, 2.05) is 36.5 Å². The van der Waals surface area contributed by atoms with Crippen LogP contribution in [0.2, 0.25) is 0 Å². The van der Waals surface area contributed by atoms with Crippen LogP contribution in [0.1, 0.15) is 19.3 Å². The minimum absolute atomic E-state index is 0.664. The van der Waals surface area contributed by atoms with Gasteiger partial charge in [0.1, 0.15) is 6.33 Å². The molecule has 0 N–H and O–H groups in total.